The molecule has 6 N–H and O–H groups in total. The molecule has 0 saturated heterocycles. The number of halogens is 3. The molecular weight excluding hydrogens is 533 g/mol. The Balaban J connectivity index is 0.00000147. The molecule has 41 heavy (non-hydrogen) atoms. The second-order valence-electron chi connectivity index (χ2n) is 9.26. The lowest BCUT2D eigenvalue weighted by molar-refractivity contribution is -0.137. The summed E-state index contributed by atoms with van der Waals surface area (Å²) in [4.78, 5) is 20.9. The van der Waals surface area contributed by atoms with Gasteiger partial charge in [0.1, 0.15) is 23.7 Å². The molecule has 0 radical (unpaired) electrons. The highest BCUT2D eigenvalue weighted by Gasteiger charge is 2.31. The number of primary amides is 1. The molecule has 4 aromatic rings. The van der Waals surface area contributed by atoms with Crippen molar-refractivity contribution in [3.05, 3.63) is 83.2 Å². The van der Waals surface area contributed by atoms with Gasteiger partial charge < -0.3 is 21.4 Å². The van der Waals surface area contributed by atoms with E-state index in [0.29, 0.717) is 39.5 Å². The van der Waals surface area contributed by atoms with Crippen molar-refractivity contribution in [1.29, 1.82) is 5.41 Å². The average Bonchev–Trinajstić information content (AvgIpc) is 3.34. The predicted octanol–water partition coefficient (Wildman–Crippen LogP) is 4.89. The highest BCUT2D eigenvalue weighted by Crippen LogP contribution is 2.35. The number of hydrogen-bond acceptors (Lipinski definition) is 7. The number of imidazole rings is 1. The van der Waals surface area contributed by atoms with Gasteiger partial charge in [0, 0.05) is 23.5 Å². The molecule has 0 aliphatic rings. The molecule has 0 fully saturated rings. The number of nitrogens with one attached hydrogen (secondary N) is 2. The first-order chi connectivity index (χ1) is 19.3. The molecule has 9 nitrogen and oxygen atoms in total. The maximum Gasteiger partial charge on any atom is 0.416 e. The van der Waals surface area contributed by atoms with E-state index in [-0.39, 0.29) is 24.0 Å². The predicted molar refractivity (Wildman–Crippen MR) is 153 cm³/mol. The number of benzene rings is 2. The van der Waals surface area contributed by atoms with Crippen LogP contribution in [0.4, 0.5) is 24.8 Å². The number of alkyl halides is 3. The Bertz CT molecular complexity index is 1630. The number of nitrogens with two attached hydrogens (primary N) is 2. The standard InChI is InChI=1S/C28H26F3N7.CH3NO/c1-16(2)37-27-25(26(33)34-14-35-27)24(32)8-7-19-9-20(6-5-17(19)3)21-10-22(28(29,30)31)12-23(11-21)38-13-18(4)36-15-38;2-1-3/h5-6,9-16,32H,1-4H3,(H3,33,34,35,37);1H,(H2,2,3). The van der Waals surface area contributed by atoms with E-state index in [4.69, 9.17) is 15.9 Å². The Hall–Kier alpha value is -5.18. The number of amides is 1. The van der Waals surface area contributed by atoms with E-state index in [0.717, 1.165) is 17.7 Å². The summed E-state index contributed by atoms with van der Waals surface area (Å²) in [5, 5.41) is 11.6. The molecule has 2 heterocycles. The summed E-state index contributed by atoms with van der Waals surface area (Å²) in [6.07, 6.45) is 0.181. The summed E-state index contributed by atoms with van der Waals surface area (Å²) in [7, 11) is 0. The number of hydrogen-bond donors (Lipinski definition) is 4. The van der Waals surface area contributed by atoms with Crippen LogP contribution in [0.25, 0.3) is 16.8 Å². The monoisotopic (exact) mass is 562 g/mol. The molecule has 0 aliphatic heterocycles. The fourth-order valence-electron chi connectivity index (χ4n) is 3.81. The number of rotatable bonds is 5. The maximum absolute atomic E-state index is 13.7. The maximum atomic E-state index is 13.7. The van der Waals surface area contributed by atoms with Gasteiger partial charge in [0.15, 0.2) is 0 Å². The third-order valence-electron chi connectivity index (χ3n) is 5.70. The van der Waals surface area contributed by atoms with Crippen molar-refractivity contribution in [3.63, 3.8) is 0 Å². The summed E-state index contributed by atoms with van der Waals surface area (Å²) in [5.41, 5.74) is 13.0. The third kappa shape index (κ3) is 7.69. The molecule has 2 aromatic carbocycles. The quantitative estimate of drug-likeness (QED) is 0.155. The second-order valence-corrected chi connectivity index (χ2v) is 9.26. The Morgan fingerprint density at radius 2 is 1.80 bits per heavy atom. The van der Waals surface area contributed by atoms with Gasteiger partial charge in [-0.15, -0.1) is 0 Å². The summed E-state index contributed by atoms with van der Waals surface area (Å²) in [5.74, 6) is 6.31. The highest BCUT2D eigenvalue weighted by atomic mass is 19.4. The van der Waals surface area contributed by atoms with E-state index < -0.39 is 11.7 Å². The van der Waals surface area contributed by atoms with Crippen molar-refractivity contribution in [2.45, 2.75) is 39.9 Å². The van der Waals surface area contributed by atoms with Crippen LogP contribution in [0, 0.1) is 31.1 Å². The van der Waals surface area contributed by atoms with E-state index in [2.05, 4.69) is 37.8 Å². The average molecular weight is 563 g/mol. The molecule has 2 aromatic heterocycles. The van der Waals surface area contributed by atoms with Crippen molar-refractivity contribution in [2.75, 3.05) is 11.1 Å². The Kier molecular flexibility index (Phi) is 9.47. The van der Waals surface area contributed by atoms with E-state index in [1.807, 2.05) is 20.8 Å². The van der Waals surface area contributed by atoms with Crippen LogP contribution in [0.1, 0.15) is 41.8 Å². The van der Waals surface area contributed by atoms with E-state index >= 15 is 0 Å². The first-order valence-electron chi connectivity index (χ1n) is 12.3. The normalized spacial score (nSPS) is 10.7. The molecule has 12 heteroatoms. The van der Waals surface area contributed by atoms with Crippen molar-refractivity contribution in [2.24, 2.45) is 5.73 Å². The van der Waals surface area contributed by atoms with Gasteiger partial charge in [0.2, 0.25) is 6.41 Å². The molecule has 0 saturated carbocycles. The van der Waals surface area contributed by atoms with Crippen LogP contribution in [0.2, 0.25) is 0 Å². The van der Waals surface area contributed by atoms with Gasteiger partial charge in [-0.1, -0.05) is 18.1 Å². The van der Waals surface area contributed by atoms with Crippen LogP contribution < -0.4 is 16.8 Å². The van der Waals surface area contributed by atoms with Crippen LogP contribution in [0.15, 0.2) is 55.2 Å². The summed E-state index contributed by atoms with van der Waals surface area (Å²) >= 11 is 0. The number of nitrogens with zero attached hydrogens (tertiary/aromatic N) is 4. The molecule has 0 unspecified atom stereocenters. The number of nitrogen functional groups attached to an aromatic ring is 1. The lowest BCUT2D eigenvalue weighted by atomic mass is 9.97. The lowest BCUT2D eigenvalue weighted by Gasteiger charge is -2.14. The molecule has 0 spiro atoms. The van der Waals surface area contributed by atoms with Crippen LogP contribution in [0.5, 0.6) is 0 Å². The minimum Gasteiger partial charge on any atom is -0.383 e. The van der Waals surface area contributed by atoms with Gasteiger partial charge in [0.25, 0.3) is 0 Å². The molecule has 212 valence electrons. The van der Waals surface area contributed by atoms with Gasteiger partial charge in [-0.2, -0.15) is 13.2 Å². The highest BCUT2D eigenvalue weighted by molar-refractivity contribution is 6.16. The van der Waals surface area contributed by atoms with Gasteiger partial charge in [-0.3, -0.25) is 10.2 Å². The zero-order valence-corrected chi connectivity index (χ0v) is 22.8. The Morgan fingerprint density at radius 1 is 1.10 bits per heavy atom. The molecule has 0 atom stereocenters. The summed E-state index contributed by atoms with van der Waals surface area (Å²) < 4.78 is 42.8. The second kappa shape index (κ2) is 12.8. The van der Waals surface area contributed by atoms with Crippen molar-refractivity contribution in [3.8, 4) is 28.7 Å². The van der Waals surface area contributed by atoms with Crippen LogP contribution in [-0.4, -0.2) is 37.7 Å². The van der Waals surface area contributed by atoms with Gasteiger partial charge in [-0.05, 0) is 74.6 Å². The molecule has 1 amide bonds. The van der Waals surface area contributed by atoms with Crippen LogP contribution >= 0.6 is 0 Å². The van der Waals surface area contributed by atoms with Crippen LogP contribution in [0.3, 0.4) is 0 Å². The number of aryl methyl sites for hydroxylation is 2. The number of anilines is 2. The van der Waals surface area contributed by atoms with Gasteiger partial charge in [-0.25, -0.2) is 15.0 Å². The molecule has 4 rings (SSSR count). The van der Waals surface area contributed by atoms with Crippen molar-refractivity contribution < 1.29 is 18.0 Å². The minimum absolute atomic E-state index is 0.0475. The zero-order chi connectivity index (χ0) is 30.3. The molecular formula is C29H29F3N8O. The van der Waals surface area contributed by atoms with Gasteiger partial charge >= 0.3 is 6.18 Å². The molecule has 0 bridgehead atoms. The summed E-state index contributed by atoms with van der Waals surface area (Å²) in [6.45, 7) is 7.47. The Labute approximate surface area is 235 Å². The number of carbonyl (C=O) groups is 1. The first kappa shape index (κ1) is 30.4. The number of aromatic nitrogens is 4. The largest absolute Gasteiger partial charge is 0.416 e. The lowest BCUT2D eigenvalue weighted by Crippen LogP contribution is -2.16. The third-order valence-corrected chi connectivity index (χ3v) is 5.70. The summed E-state index contributed by atoms with van der Waals surface area (Å²) in [6, 6.07) is 9.18. The van der Waals surface area contributed by atoms with Crippen LogP contribution in [-0.2, 0) is 11.0 Å². The topological polar surface area (TPSA) is 149 Å². The van der Waals surface area contributed by atoms with E-state index in [9.17, 15) is 13.2 Å². The fourth-order valence-corrected chi connectivity index (χ4v) is 3.81. The zero-order valence-electron chi connectivity index (χ0n) is 22.8. The van der Waals surface area contributed by atoms with E-state index in [1.54, 1.807) is 42.0 Å². The Morgan fingerprint density at radius 3 is 2.41 bits per heavy atom. The van der Waals surface area contributed by atoms with Gasteiger partial charge in [0.05, 0.1) is 23.1 Å². The van der Waals surface area contributed by atoms with E-state index in [1.165, 1.54) is 12.7 Å². The minimum atomic E-state index is -4.53. The smallest absolute Gasteiger partial charge is 0.383 e. The number of carbonyl (C=O) groups excluding carboxylic acids is 1. The van der Waals surface area contributed by atoms with Crippen molar-refractivity contribution >= 4 is 23.8 Å². The first-order valence-corrected chi connectivity index (χ1v) is 12.3. The fraction of sp³-hybridized carbons (Fsp3) is 0.207. The molecule has 0 aliphatic carbocycles. The van der Waals surface area contributed by atoms with Crippen molar-refractivity contribution in [1.82, 2.24) is 19.5 Å². The SMILES string of the molecule is Cc1cn(-c2cc(-c3ccc(C)c(C#CC(=N)c4c(N)ncnc4NC(C)C)c3)cc(C(F)(F)F)c2)cn1.NC=O.